The smallest absolute Gasteiger partial charge is 0.246 e. The van der Waals surface area contributed by atoms with Crippen molar-refractivity contribution in [2.24, 2.45) is 0 Å². The molecule has 0 spiro atoms. The number of hydrogen-bond acceptors (Lipinski definition) is 4. The van der Waals surface area contributed by atoms with Crippen LogP contribution in [0.2, 0.25) is 0 Å². The third-order valence-electron chi connectivity index (χ3n) is 4.49. The maximum absolute atomic E-state index is 12.6. The van der Waals surface area contributed by atoms with E-state index in [1.54, 1.807) is 18.1 Å². The van der Waals surface area contributed by atoms with E-state index >= 15 is 0 Å². The van der Waals surface area contributed by atoms with Crippen molar-refractivity contribution in [2.45, 2.75) is 32.2 Å². The van der Waals surface area contributed by atoms with Gasteiger partial charge in [-0.2, -0.15) is 0 Å². The number of methoxy groups -OCH3 is 1. The van der Waals surface area contributed by atoms with Gasteiger partial charge in [0.25, 0.3) is 0 Å². The van der Waals surface area contributed by atoms with Crippen LogP contribution in [0.3, 0.4) is 0 Å². The number of sulfone groups is 1. The molecule has 0 bridgehead atoms. The van der Waals surface area contributed by atoms with Crippen molar-refractivity contribution < 1.29 is 17.9 Å². The molecule has 0 aliphatic carbocycles. The second-order valence-electron chi connectivity index (χ2n) is 6.74. The van der Waals surface area contributed by atoms with E-state index < -0.39 is 9.84 Å². The van der Waals surface area contributed by atoms with E-state index in [4.69, 9.17) is 4.74 Å². The Balaban J connectivity index is 2.07. The minimum atomic E-state index is -3.04. The van der Waals surface area contributed by atoms with Crippen molar-refractivity contribution in [3.8, 4) is 0 Å². The highest BCUT2D eigenvalue weighted by molar-refractivity contribution is 7.91. The Morgan fingerprint density at radius 3 is 2.52 bits per heavy atom. The molecule has 0 radical (unpaired) electrons. The molecule has 6 heteroatoms. The van der Waals surface area contributed by atoms with Gasteiger partial charge in [-0.1, -0.05) is 38.1 Å². The Hall–Kier alpha value is -1.66. The molecule has 1 aliphatic heterocycles. The highest BCUT2D eigenvalue weighted by Crippen LogP contribution is 2.19. The van der Waals surface area contributed by atoms with Crippen molar-refractivity contribution in [3.05, 3.63) is 41.5 Å². The fraction of sp³-hybridized carbons (Fsp3) is 0.526. The van der Waals surface area contributed by atoms with Crippen molar-refractivity contribution in [1.82, 2.24) is 4.90 Å². The highest BCUT2D eigenvalue weighted by atomic mass is 32.2. The van der Waals surface area contributed by atoms with E-state index in [2.05, 4.69) is 26.0 Å². The number of carbonyl (C=O) groups is 1. The van der Waals surface area contributed by atoms with Crippen LogP contribution in [0.4, 0.5) is 0 Å². The minimum Gasteiger partial charge on any atom is -0.383 e. The van der Waals surface area contributed by atoms with Crippen molar-refractivity contribution in [1.29, 1.82) is 0 Å². The molecule has 1 aromatic carbocycles. The number of ether oxygens (including phenoxy) is 1. The minimum absolute atomic E-state index is 0.0411. The molecule has 25 heavy (non-hydrogen) atoms. The molecule has 5 nitrogen and oxygen atoms in total. The molecule has 1 heterocycles. The number of carbonyl (C=O) groups excluding carboxylic acids is 1. The number of nitrogens with zero attached hydrogens (tertiary/aromatic N) is 1. The number of hydrogen-bond donors (Lipinski definition) is 0. The van der Waals surface area contributed by atoms with Crippen LogP contribution in [0, 0.1) is 0 Å². The predicted molar refractivity (Wildman–Crippen MR) is 100 cm³/mol. The Bertz CT molecular complexity index is 707. The standard InChI is InChI=1S/C19H27NO4S/c1-15(2)17-7-4-16(5-8-17)6-9-19(21)20(11-12-24-3)18-10-13-25(22,23)14-18/h4-9,15,18H,10-14H2,1-3H3/b9-6+/t18-/m1/s1. The average molecular weight is 365 g/mol. The summed E-state index contributed by atoms with van der Waals surface area (Å²) in [5.74, 6) is 0.481. The van der Waals surface area contributed by atoms with E-state index in [-0.39, 0.29) is 23.5 Å². The van der Waals surface area contributed by atoms with E-state index in [1.165, 1.54) is 11.6 Å². The van der Waals surface area contributed by atoms with Crippen LogP contribution in [0.25, 0.3) is 6.08 Å². The second-order valence-corrected chi connectivity index (χ2v) is 8.96. The molecule has 0 saturated carbocycles. The summed E-state index contributed by atoms with van der Waals surface area (Å²) in [6.45, 7) is 5.06. The maximum Gasteiger partial charge on any atom is 0.246 e. The molecule has 0 N–H and O–H groups in total. The van der Waals surface area contributed by atoms with Gasteiger partial charge >= 0.3 is 0 Å². The molecule has 1 aromatic rings. The molecular formula is C19H27NO4S. The quantitative estimate of drug-likeness (QED) is 0.697. The molecule has 1 saturated heterocycles. The third-order valence-corrected chi connectivity index (χ3v) is 6.24. The van der Waals surface area contributed by atoms with Gasteiger partial charge in [-0.05, 0) is 29.5 Å². The van der Waals surface area contributed by atoms with Gasteiger partial charge in [-0.25, -0.2) is 8.42 Å². The summed E-state index contributed by atoms with van der Waals surface area (Å²) in [5, 5.41) is 0. The lowest BCUT2D eigenvalue weighted by Gasteiger charge is -2.26. The predicted octanol–water partition coefficient (Wildman–Crippen LogP) is 2.49. The summed E-state index contributed by atoms with van der Waals surface area (Å²) >= 11 is 0. The van der Waals surface area contributed by atoms with Gasteiger partial charge in [0.15, 0.2) is 9.84 Å². The van der Waals surface area contributed by atoms with Gasteiger partial charge in [0.2, 0.25) is 5.91 Å². The number of rotatable bonds is 7. The van der Waals surface area contributed by atoms with Crippen LogP contribution in [0.1, 0.15) is 37.3 Å². The van der Waals surface area contributed by atoms with Crippen molar-refractivity contribution >= 4 is 21.8 Å². The van der Waals surface area contributed by atoms with Crippen LogP contribution >= 0.6 is 0 Å². The lowest BCUT2D eigenvalue weighted by Crippen LogP contribution is -2.42. The first-order valence-corrected chi connectivity index (χ1v) is 10.4. The van der Waals surface area contributed by atoms with Gasteiger partial charge in [0, 0.05) is 25.8 Å². The first-order valence-electron chi connectivity index (χ1n) is 8.60. The molecule has 2 rings (SSSR count). The van der Waals surface area contributed by atoms with Crippen molar-refractivity contribution in [3.63, 3.8) is 0 Å². The topological polar surface area (TPSA) is 63.7 Å². The van der Waals surface area contributed by atoms with Crippen LogP contribution in [0.15, 0.2) is 30.3 Å². The summed E-state index contributed by atoms with van der Waals surface area (Å²) in [5.41, 5.74) is 2.20. The molecular weight excluding hydrogens is 338 g/mol. The largest absolute Gasteiger partial charge is 0.383 e. The first kappa shape index (κ1) is 19.7. The zero-order valence-corrected chi connectivity index (χ0v) is 16.0. The number of benzene rings is 1. The number of amides is 1. The van der Waals surface area contributed by atoms with Gasteiger partial charge in [0.05, 0.1) is 18.1 Å². The lowest BCUT2D eigenvalue weighted by molar-refractivity contribution is -0.128. The van der Waals surface area contributed by atoms with Gasteiger partial charge in [-0.15, -0.1) is 0 Å². The van der Waals surface area contributed by atoms with E-state index in [0.29, 0.717) is 25.5 Å². The van der Waals surface area contributed by atoms with E-state index in [0.717, 1.165) is 5.56 Å². The van der Waals surface area contributed by atoms with Crippen LogP contribution in [-0.4, -0.2) is 57.0 Å². The Morgan fingerprint density at radius 1 is 1.32 bits per heavy atom. The SMILES string of the molecule is COCCN(C(=O)/C=C/c1ccc(C(C)C)cc1)[C@@H]1CCS(=O)(=O)C1. The zero-order chi connectivity index (χ0) is 18.4. The molecule has 1 aliphatic rings. The summed E-state index contributed by atoms with van der Waals surface area (Å²) in [4.78, 5) is 14.2. The fourth-order valence-corrected chi connectivity index (χ4v) is 4.67. The molecule has 0 unspecified atom stereocenters. The molecule has 0 aromatic heterocycles. The maximum atomic E-state index is 12.6. The first-order chi connectivity index (χ1) is 11.8. The van der Waals surface area contributed by atoms with E-state index in [9.17, 15) is 13.2 Å². The van der Waals surface area contributed by atoms with E-state index in [1.807, 2.05) is 12.1 Å². The molecule has 1 amide bonds. The molecule has 1 fully saturated rings. The van der Waals surface area contributed by atoms with Crippen LogP contribution in [0.5, 0.6) is 0 Å². The summed E-state index contributed by atoms with van der Waals surface area (Å²) in [6.07, 6.45) is 3.79. The fourth-order valence-electron chi connectivity index (χ4n) is 2.94. The molecule has 1 atom stereocenters. The Kier molecular flexibility index (Phi) is 6.79. The molecule has 138 valence electrons. The average Bonchev–Trinajstić information content (AvgIpc) is 2.93. The van der Waals surface area contributed by atoms with Gasteiger partial charge < -0.3 is 9.64 Å². The summed E-state index contributed by atoms with van der Waals surface area (Å²) in [7, 11) is -1.47. The Morgan fingerprint density at radius 2 is 2.00 bits per heavy atom. The van der Waals surface area contributed by atoms with Crippen molar-refractivity contribution in [2.75, 3.05) is 31.8 Å². The monoisotopic (exact) mass is 365 g/mol. The van der Waals surface area contributed by atoms with Crippen LogP contribution < -0.4 is 0 Å². The van der Waals surface area contributed by atoms with Crippen LogP contribution in [-0.2, 0) is 19.4 Å². The third kappa shape index (κ3) is 5.68. The van der Waals surface area contributed by atoms with Gasteiger partial charge in [-0.3, -0.25) is 4.79 Å². The summed E-state index contributed by atoms with van der Waals surface area (Å²) in [6, 6.07) is 7.82. The second kappa shape index (κ2) is 8.63. The highest BCUT2D eigenvalue weighted by Gasteiger charge is 2.33. The zero-order valence-electron chi connectivity index (χ0n) is 15.1. The Labute approximate surface area is 150 Å². The van der Waals surface area contributed by atoms with Gasteiger partial charge in [0.1, 0.15) is 0 Å². The lowest BCUT2D eigenvalue weighted by atomic mass is 10.0. The normalized spacial score (nSPS) is 19.6. The summed E-state index contributed by atoms with van der Waals surface area (Å²) < 4.78 is 28.5.